The van der Waals surface area contributed by atoms with Gasteiger partial charge in [-0.2, -0.15) is 0 Å². The molecular weight excluding hydrogens is 291 g/mol. The molecule has 0 aliphatic rings. The summed E-state index contributed by atoms with van der Waals surface area (Å²) in [6, 6.07) is 11.9. The lowest BCUT2D eigenvalue weighted by atomic mass is 10.0. The van der Waals surface area contributed by atoms with Gasteiger partial charge in [-0.05, 0) is 31.3 Å². The average Bonchev–Trinajstić information content (AvgIpc) is 2.88. The minimum atomic E-state index is -0.335. The van der Waals surface area contributed by atoms with Gasteiger partial charge in [-0.25, -0.2) is 9.37 Å². The van der Waals surface area contributed by atoms with Gasteiger partial charge in [-0.15, -0.1) is 0 Å². The molecule has 5 heteroatoms. The first-order valence-corrected chi connectivity index (χ1v) is 7.02. The highest BCUT2D eigenvalue weighted by Gasteiger charge is 2.20. The zero-order chi connectivity index (χ0) is 14.8. The number of likely N-dealkylation sites (N-methyl/N-ethyl adjacent to an activating group) is 1. The van der Waals surface area contributed by atoms with Gasteiger partial charge in [-0.1, -0.05) is 29.8 Å². The maximum atomic E-state index is 14.0. The van der Waals surface area contributed by atoms with E-state index in [-0.39, 0.29) is 11.9 Å². The molecule has 3 rings (SSSR count). The number of benzene rings is 2. The molecule has 0 radical (unpaired) electrons. The second-order valence-corrected chi connectivity index (χ2v) is 5.16. The highest BCUT2D eigenvalue weighted by atomic mass is 35.5. The van der Waals surface area contributed by atoms with Gasteiger partial charge in [0.2, 0.25) is 0 Å². The summed E-state index contributed by atoms with van der Waals surface area (Å²) >= 11 is 6.12. The number of fused-ring (bicyclic) bond motifs is 1. The van der Waals surface area contributed by atoms with Crippen molar-refractivity contribution in [1.82, 2.24) is 10.3 Å². The molecule has 1 heterocycles. The lowest BCUT2D eigenvalue weighted by Crippen LogP contribution is -2.20. The van der Waals surface area contributed by atoms with Crippen LogP contribution in [0.15, 0.2) is 46.9 Å². The van der Waals surface area contributed by atoms with E-state index < -0.39 is 0 Å². The number of para-hydroxylation sites is 2. The summed E-state index contributed by atoms with van der Waals surface area (Å²) in [4.78, 5) is 4.41. The van der Waals surface area contributed by atoms with E-state index in [0.717, 1.165) is 11.1 Å². The average molecular weight is 305 g/mol. The fraction of sp³-hybridized carbons (Fsp3) is 0.188. The van der Waals surface area contributed by atoms with E-state index in [4.69, 9.17) is 16.0 Å². The van der Waals surface area contributed by atoms with Crippen molar-refractivity contribution in [3.8, 4) is 0 Å². The summed E-state index contributed by atoms with van der Waals surface area (Å²) < 4.78 is 19.7. The van der Waals surface area contributed by atoms with Crippen molar-refractivity contribution in [3.05, 3.63) is 64.8 Å². The molecule has 21 heavy (non-hydrogen) atoms. The summed E-state index contributed by atoms with van der Waals surface area (Å²) in [5.41, 5.74) is 1.95. The second kappa shape index (κ2) is 5.84. The first kappa shape index (κ1) is 14.0. The molecule has 1 aromatic heterocycles. The third-order valence-electron chi connectivity index (χ3n) is 3.41. The Bertz CT molecular complexity index is 719. The number of hydrogen-bond acceptors (Lipinski definition) is 3. The van der Waals surface area contributed by atoms with Crippen LogP contribution >= 0.6 is 11.6 Å². The van der Waals surface area contributed by atoms with Crippen LogP contribution in [0.3, 0.4) is 0 Å². The Balaban J connectivity index is 1.94. The first-order chi connectivity index (χ1) is 10.2. The van der Waals surface area contributed by atoms with Gasteiger partial charge < -0.3 is 9.73 Å². The monoisotopic (exact) mass is 304 g/mol. The van der Waals surface area contributed by atoms with Crippen molar-refractivity contribution in [3.63, 3.8) is 0 Å². The Hall–Kier alpha value is -1.91. The van der Waals surface area contributed by atoms with Crippen LogP contribution in [0.2, 0.25) is 5.02 Å². The number of hydrogen-bond donors (Lipinski definition) is 1. The Morgan fingerprint density at radius 1 is 1.24 bits per heavy atom. The van der Waals surface area contributed by atoms with E-state index in [1.54, 1.807) is 19.2 Å². The number of rotatable bonds is 4. The van der Waals surface area contributed by atoms with Gasteiger partial charge in [-0.3, -0.25) is 0 Å². The molecule has 2 aromatic carbocycles. The van der Waals surface area contributed by atoms with E-state index in [1.807, 2.05) is 24.3 Å². The van der Waals surface area contributed by atoms with Gasteiger partial charge in [0, 0.05) is 23.0 Å². The van der Waals surface area contributed by atoms with E-state index >= 15 is 0 Å². The van der Waals surface area contributed by atoms with Crippen LogP contribution in [-0.2, 0) is 6.42 Å². The van der Waals surface area contributed by atoms with Gasteiger partial charge in [0.25, 0.3) is 0 Å². The van der Waals surface area contributed by atoms with E-state index in [1.165, 1.54) is 6.07 Å². The second-order valence-electron chi connectivity index (χ2n) is 4.76. The zero-order valence-electron chi connectivity index (χ0n) is 11.4. The quantitative estimate of drug-likeness (QED) is 0.788. The minimum Gasteiger partial charge on any atom is -0.441 e. The van der Waals surface area contributed by atoms with Crippen molar-refractivity contribution in [2.24, 2.45) is 0 Å². The van der Waals surface area contributed by atoms with Crippen molar-refractivity contribution in [2.45, 2.75) is 12.5 Å². The molecule has 0 bridgehead atoms. The summed E-state index contributed by atoms with van der Waals surface area (Å²) in [7, 11) is 1.76. The number of nitrogens with one attached hydrogen (secondary N) is 1. The third-order valence-corrected chi connectivity index (χ3v) is 3.74. The normalized spacial score (nSPS) is 12.7. The van der Waals surface area contributed by atoms with Crippen LogP contribution < -0.4 is 5.32 Å². The molecule has 0 aliphatic carbocycles. The van der Waals surface area contributed by atoms with E-state index in [2.05, 4.69) is 10.3 Å². The molecule has 1 atom stereocenters. The molecule has 3 nitrogen and oxygen atoms in total. The molecule has 108 valence electrons. The van der Waals surface area contributed by atoms with Crippen LogP contribution in [0.25, 0.3) is 11.1 Å². The summed E-state index contributed by atoms with van der Waals surface area (Å²) in [6.07, 6.45) is 0.422. The lowest BCUT2D eigenvalue weighted by molar-refractivity contribution is 0.461. The van der Waals surface area contributed by atoms with Crippen molar-refractivity contribution < 1.29 is 8.81 Å². The minimum absolute atomic E-state index is 0.299. The Morgan fingerprint density at radius 3 is 2.76 bits per heavy atom. The highest BCUT2D eigenvalue weighted by molar-refractivity contribution is 6.31. The Labute approximate surface area is 126 Å². The van der Waals surface area contributed by atoms with E-state index in [0.29, 0.717) is 22.9 Å². The summed E-state index contributed by atoms with van der Waals surface area (Å²) in [6.45, 7) is 0. The van der Waals surface area contributed by atoms with Crippen molar-refractivity contribution in [2.75, 3.05) is 7.05 Å². The molecule has 0 fully saturated rings. The topological polar surface area (TPSA) is 38.1 Å². The predicted molar refractivity (Wildman–Crippen MR) is 80.9 cm³/mol. The van der Waals surface area contributed by atoms with Gasteiger partial charge in [0.1, 0.15) is 11.3 Å². The molecule has 1 N–H and O–H groups in total. The van der Waals surface area contributed by atoms with Crippen LogP contribution in [0.5, 0.6) is 0 Å². The van der Waals surface area contributed by atoms with Crippen LogP contribution in [0.4, 0.5) is 4.39 Å². The lowest BCUT2D eigenvalue weighted by Gasteiger charge is -2.17. The van der Waals surface area contributed by atoms with Crippen LogP contribution in [0.1, 0.15) is 17.5 Å². The number of halogens is 2. The van der Waals surface area contributed by atoms with Gasteiger partial charge >= 0.3 is 0 Å². The maximum Gasteiger partial charge on any atom is 0.197 e. The number of oxazole rings is 1. The summed E-state index contributed by atoms with van der Waals surface area (Å²) in [5, 5.41) is 3.46. The Kier molecular flexibility index (Phi) is 3.90. The van der Waals surface area contributed by atoms with E-state index in [9.17, 15) is 4.39 Å². The number of nitrogens with zero attached hydrogens (tertiary/aromatic N) is 1. The SMILES string of the molecule is CNC(Cc1nc2ccccc2o1)c1c(F)cccc1Cl. The maximum absolute atomic E-state index is 14.0. The van der Waals surface area contributed by atoms with Crippen LogP contribution in [0, 0.1) is 5.82 Å². The summed E-state index contributed by atoms with van der Waals surface area (Å²) in [5.74, 6) is 0.216. The molecule has 0 spiro atoms. The molecule has 0 saturated heterocycles. The smallest absolute Gasteiger partial charge is 0.197 e. The highest BCUT2D eigenvalue weighted by Crippen LogP contribution is 2.28. The predicted octanol–water partition coefficient (Wildman–Crippen LogP) is 4.12. The molecular formula is C16H14ClFN2O. The molecule has 0 amide bonds. The molecule has 0 saturated carbocycles. The van der Waals surface area contributed by atoms with Crippen molar-refractivity contribution in [1.29, 1.82) is 0 Å². The Morgan fingerprint density at radius 2 is 2.05 bits per heavy atom. The van der Waals surface area contributed by atoms with Crippen molar-refractivity contribution >= 4 is 22.7 Å². The third kappa shape index (κ3) is 2.77. The fourth-order valence-corrected chi connectivity index (χ4v) is 2.67. The fourth-order valence-electron chi connectivity index (χ4n) is 2.37. The zero-order valence-corrected chi connectivity index (χ0v) is 12.2. The molecule has 1 unspecified atom stereocenters. The molecule has 0 aliphatic heterocycles. The van der Waals surface area contributed by atoms with Gasteiger partial charge in [0.05, 0.1) is 0 Å². The van der Waals surface area contributed by atoms with Gasteiger partial charge in [0.15, 0.2) is 11.5 Å². The molecule has 3 aromatic rings. The first-order valence-electron chi connectivity index (χ1n) is 6.64. The largest absolute Gasteiger partial charge is 0.441 e. The number of aromatic nitrogens is 1. The standard InChI is InChI=1S/C16H14ClFN2O/c1-19-13(16-10(17)5-4-6-11(16)18)9-15-20-12-7-2-3-8-14(12)21-15/h2-8,13,19H,9H2,1H3. The van der Waals surface area contributed by atoms with Crippen LogP contribution in [-0.4, -0.2) is 12.0 Å².